The minimum Gasteiger partial charge on any atom is -0.258 e. The fraction of sp³-hybridized carbons (Fsp3) is 0.250. The summed E-state index contributed by atoms with van der Waals surface area (Å²) in [6.45, 7) is 4.70. The quantitative estimate of drug-likeness (QED) is 0.0882. The van der Waals surface area contributed by atoms with Crippen LogP contribution in [0.1, 0.15) is 37.5 Å². The van der Waals surface area contributed by atoms with Crippen LogP contribution in [0.15, 0.2) is 24.3 Å². The van der Waals surface area contributed by atoms with Crippen molar-refractivity contribution in [1.29, 1.82) is 0 Å². The van der Waals surface area contributed by atoms with E-state index in [2.05, 4.69) is 0 Å². The van der Waals surface area contributed by atoms with Gasteiger partial charge in [0.25, 0.3) is 0 Å². The lowest BCUT2D eigenvalue weighted by Crippen LogP contribution is -2.00. The highest BCUT2D eigenvalue weighted by atomic mass is 35.5. The summed E-state index contributed by atoms with van der Waals surface area (Å²) in [7, 11) is 0. The fourth-order valence-electron chi connectivity index (χ4n) is 3.35. The maximum absolute atomic E-state index is 13.1. The van der Waals surface area contributed by atoms with Gasteiger partial charge in [-0.15, -0.1) is 0 Å². The van der Waals surface area contributed by atoms with Crippen LogP contribution in [0.3, 0.4) is 0 Å². The van der Waals surface area contributed by atoms with Gasteiger partial charge < -0.3 is 0 Å². The second-order valence-electron chi connectivity index (χ2n) is 7.70. The van der Waals surface area contributed by atoms with Crippen molar-refractivity contribution < 1.29 is 41.1 Å². The van der Waals surface area contributed by atoms with Crippen LogP contribution in [0, 0.1) is 65.2 Å². The van der Waals surface area contributed by atoms with Crippen LogP contribution in [0.5, 0.6) is 0 Å². The number of hydrogen-bond acceptors (Lipinski definition) is 6. The van der Waals surface area contributed by atoms with E-state index in [9.17, 15) is 56.7 Å². The molecule has 3 aromatic rings. The molecular weight excluding hydrogens is 611 g/mol. The first-order valence-electron chi connectivity index (χ1n) is 11.3. The molecule has 9 nitrogen and oxygen atoms in total. The summed E-state index contributed by atoms with van der Waals surface area (Å²) in [5.41, 5.74) is -2.19. The highest BCUT2D eigenvalue weighted by Gasteiger charge is 2.26. The van der Waals surface area contributed by atoms with Crippen LogP contribution in [-0.2, 0) is 19.3 Å². The summed E-state index contributed by atoms with van der Waals surface area (Å²) in [5, 5.41) is 30.0. The van der Waals surface area contributed by atoms with Crippen molar-refractivity contribution in [3.8, 4) is 0 Å². The molecule has 3 rings (SSSR count). The molecule has 0 heterocycles. The molecule has 3 aromatic carbocycles. The van der Waals surface area contributed by atoms with E-state index in [1.807, 2.05) is 0 Å². The Hall–Kier alpha value is -3.98. The van der Waals surface area contributed by atoms with E-state index in [0.29, 0.717) is 12.1 Å². The Morgan fingerprint density at radius 3 is 1.46 bits per heavy atom. The topological polar surface area (TPSA) is 129 Å². The third-order valence-electron chi connectivity index (χ3n) is 5.23. The molecule has 0 aliphatic heterocycles. The monoisotopic (exact) mass is 629 g/mol. The molecule has 0 N–H and O–H groups in total. The average Bonchev–Trinajstić information content (AvgIpc) is 2.88. The molecule has 0 aromatic heterocycles. The van der Waals surface area contributed by atoms with Gasteiger partial charge >= 0.3 is 17.1 Å². The molecule has 17 heteroatoms. The molecule has 0 fully saturated rings. The Morgan fingerprint density at radius 1 is 0.585 bits per heavy atom. The molecule has 0 radical (unpaired) electrons. The molecule has 41 heavy (non-hydrogen) atoms. The minimum atomic E-state index is -1.31. The first kappa shape index (κ1) is 35.0. The lowest BCUT2D eigenvalue weighted by Gasteiger charge is -2.04. The highest BCUT2D eigenvalue weighted by Crippen LogP contribution is 2.33. The molecule has 0 unspecified atom stereocenters. The number of nitro benzene ring substituents is 3. The van der Waals surface area contributed by atoms with Gasteiger partial charge in [0, 0.05) is 23.3 Å². The van der Waals surface area contributed by atoms with E-state index < -0.39 is 71.8 Å². The summed E-state index contributed by atoms with van der Waals surface area (Å²) in [5.74, 6) is -6.39. The third-order valence-corrected chi connectivity index (χ3v) is 5.98. The number of nitro groups is 3. The third kappa shape index (κ3) is 8.50. The SMILES string of the molecule is CCc1c(Cl)c(F)cc(F)c1[N+](=O)[O-].CCc1cc(F)c(Cl)c(F)c1[N+](=O)[O-].CCc1cc(F)cc(F)c1[N+](=O)[O-]. The predicted molar refractivity (Wildman–Crippen MR) is 137 cm³/mol. The number of rotatable bonds is 6. The van der Waals surface area contributed by atoms with Gasteiger partial charge in [0.1, 0.15) is 22.5 Å². The Bertz CT molecular complexity index is 1480. The molecule has 0 aliphatic rings. The van der Waals surface area contributed by atoms with Crippen LogP contribution in [0.4, 0.5) is 43.4 Å². The fourth-order valence-corrected chi connectivity index (χ4v) is 3.77. The summed E-state index contributed by atoms with van der Waals surface area (Å²) >= 11 is 10.7. The van der Waals surface area contributed by atoms with Gasteiger partial charge in [0.2, 0.25) is 17.5 Å². The first-order valence-corrected chi connectivity index (χ1v) is 12.0. The number of halogens is 8. The van der Waals surface area contributed by atoms with Crippen molar-refractivity contribution >= 4 is 40.3 Å². The van der Waals surface area contributed by atoms with Crippen molar-refractivity contribution in [3.63, 3.8) is 0 Å². The number of nitrogens with zero attached hydrogens (tertiary/aromatic N) is 3. The standard InChI is InChI=1S/2C8H6ClF2NO2.C8H7F2NO2/c1-2-4-7(9)5(10)3-6(11)8(4)12(13)14;1-2-4-3-5(10)6(9)7(11)8(4)12(13)14;1-2-5-3-6(9)4-7(10)8(5)11(12)13/h2*3H,2H2,1H3;3-4H,2H2,1H3. The second kappa shape index (κ2) is 15.1. The van der Waals surface area contributed by atoms with Gasteiger partial charge in [0.15, 0.2) is 0 Å². The summed E-state index contributed by atoms with van der Waals surface area (Å²) in [6.07, 6.45) is 0.496. The molecule has 0 atom stereocenters. The van der Waals surface area contributed by atoms with Crippen molar-refractivity contribution in [2.75, 3.05) is 0 Å². The van der Waals surface area contributed by atoms with Gasteiger partial charge in [-0.1, -0.05) is 44.0 Å². The number of benzene rings is 3. The van der Waals surface area contributed by atoms with Crippen LogP contribution in [0.2, 0.25) is 10.0 Å². The van der Waals surface area contributed by atoms with E-state index >= 15 is 0 Å². The molecule has 0 aliphatic carbocycles. The predicted octanol–water partition coefficient (Wildman–Crippen LogP) is 8.61. The number of aryl methyl sites for hydroxylation is 2. The lowest BCUT2D eigenvalue weighted by atomic mass is 10.1. The zero-order valence-electron chi connectivity index (χ0n) is 21.2. The Morgan fingerprint density at radius 2 is 1.02 bits per heavy atom. The van der Waals surface area contributed by atoms with Gasteiger partial charge in [0.05, 0.1) is 25.4 Å². The van der Waals surface area contributed by atoms with Gasteiger partial charge in [-0.05, 0) is 31.4 Å². The minimum absolute atomic E-state index is 0.00519. The lowest BCUT2D eigenvalue weighted by molar-refractivity contribution is -0.388. The molecule has 222 valence electrons. The van der Waals surface area contributed by atoms with E-state index in [4.69, 9.17) is 23.2 Å². The van der Waals surface area contributed by atoms with Gasteiger partial charge in [-0.25, -0.2) is 13.2 Å². The summed E-state index contributed by atoms with van der Waals surface area (Å²) in [6, 6.07) is 2.78. The van der Waals surface area contributed by atoms with E-state index in [1.165, 1.54) is 6.92 Å². The first-order chi connectivity index (χ1) is 19.0. The summed E-state index contributed by atoms with van der Waals surface area (Å²) in [4.78, 5) is 28.6. The molecule has 0 saturated carbocycles. The van der Waals surface area contributed by atoms with Crippen LogP contribution in [0.25, 0.3) is 0 Å². The van der Waals surface area contributed by atoms with Crippen LogP contribution >= 0.6 is 23.2 Å². The number of hydrogen-bond donors (Lipinski definition) is 0. The Balaban J connectivity index is 0.000000308. The summed E-state index contributed by atoms with van der Waals surface area (Å²) < 4.78 is 77.4. The van der Waals surface area contributed by atoms with Gasteiger partial charge in [-0.3, -0.25) is 30.3 Å². The van der Waals surface area contributed by atoms with E-state index in [1.54, 1.807) is 13.8 Å². The van der Waals surface area contributed by atoms with Crippen molar-refractivity contribution in [3.05, 3.63) is 116 Å². The Kier molecular flexibility index (Phi) is 12.9. The largest absolute Gasteiger partial charge is 0.309 e. The van der Waals surface area contributed by atoms with Crippen LogP contribution in [-0.4, -0.2) is 14.8 Å². The zero-order chi connectivity index (χ0) is 31.8. The molecular formula is C24H19Cl2F6N3O6. The normalized spacial score (nSPS) is 10.2. The molecule has 0 spiro atoms. The maximum Gasteiger partial charge on any atom is 0.309 e. The van der Waals surface area contributed by atoms with Crippen molar-refractivity contribution in [2.24, 2.45) is 0 Å². The maximum atomic E-state index is 13.1. The van der Waals surface area contributed by atoms with E-state index in [-0.39, 0.29) is 41.0 Å². The average molecular weight is 630 g/mol. The molecule has 0 bridgehead atoms. The van der Waals surface area contributed by atoms with Crippen molar-refractivity contribution in [1.82, 2.24) is 0 Å². The highest BCUT2D eigenvalue weighted by molar-refractivity contribution is 6.32. The van der Waals surface area contributed by atoms with Gasteiger partial charge in [-0.2, -0.15) is 13.2 Å². The van der Waals surface area contributed by atoms with Crippen molar-refractivity contribution in [2.45, 2.75) is 40.0 Å². The Labute approximate surface area is 237 Å². The van der Waals surface area contributed by atoms with E-state index in [0.717, 1.165) is 12.1 Å². The second-order valence-corrected chi connectivity index (χ2v) is 8.46. The molecule has 0 amide bonds. The molecule has 0 saturated heterocycles. The van der Waals surface area contributed by atoms with Crippen LogP contribution < -0.4 is 0 Å². The smallest absolute Gasteiger partial charge is 0.258 e. The zero-order valence-corrected chi connectivity index (χ0v) is 22.8.